The molecule has 3 rings (SSSR count). The Labute approximate surface area is 112 Å². The van der Waals surface area contributed by atoms with E-state index >= 15 is 0 Å². The molecular weight excluding hydrogens is 236 g/mol. The molecule has 0 bridgehead atoms. The lowest BCUT2D eigenvalue weighted by Crippen LogP contribution is -2.24. The predicted molar refractivity (Wildman–Crippen MR) is 75.0 cm³/mol. The summed E-state index contributed by atoms with van der Waals surface area (Å²) < 4.78 is 3.93. The van der Waals surface area contributed by atoms with E-state index in [1.54, 1.807) is 0 Å². The first-order valence-electron chi connectivity index (χ1n) is 6.28. The fourth-order valence-corrected chi connectivity index (χ4v) is 2.30. The fraction of sp³-hybridized carbons (Fsp3) is 0.200. The van der Waals surface area contributed by atoms with Crippen molar-refractivity contribution in [3.05, 3.63) is 59.0 Å². The van der Waals surface area contributed by atoms with Crippen molar-refractivity contribution in [2.45, 2.75) is 13.8 Å². The summed E-state index contributed by atoms with van der Waals surface area (Å²) in [7, 11) is 1.94. The molecule has 0 radical (unpaired) electrons. The van der Waals surface area contributed by atoms with Crippen molar-refractivity contribution in [3.8, 4) is 0 Å². The molecular formula is C15H16N4. The minimum Gasteiger partial charge on any atom is -0.266 e. The summed E-state index contributed by atoms with van der Waals surface area (Å²) in [6.07, 6.45) is 0. The number of aryl methyl sites for hydroxylation is 3. The molecule has 0 unspecified atom stereocenters. The molecule has 96 valence electrons. The number of fused-ring (bicyclic) bond motifs is 1. The van der Waals surface area contributed by atoms with Gasteiger partial charge in [-0.2, -0.15) is 0 Å². The maximum Gasteiger partial charge on any atom is 0.253 e. The summed E-state index contributed by atoms with van der Waals surface area (Å²) in [4.78, 5) is 0. The maximum absolute atomic E-state index is 4.61. The van der Waals surface area contributed by atoms with Gasteiger partial charge < -0.3 is 0 Å². The molecule has 19 heavy (non-hydrogen) atoms. The van der Waals surface area contributed by atoms with Crippen molar-refractivity contribution in [3.63, 3.8) is 0 Å². The van der Waals surface area contributed by atoms with E-state index < -0.39 is 0 Å². The number of para-hydroxylation sites is 1. The minimum absolute atomic E-state index is 0.709. The van der Waals surface area contributed by atoms with Gasteiger partial charge in [0.25, 0.3) is 5.95 Å². The number of aromatic nitrogens is 3. The largest absolute Gasteiger partial charge is 0.266 e. The van der Waals surface area contributed by atoms with E-state index in [2.05, 4.69) is 40.8 Å². The second-order valence-corrected chi connectivity index (χ2v) is 4.74. The van der Waals surface area contributed by atoms with Crippen molar-refractivity contribution in [1.82, 2.24) is 9.78 Å². The Balaban J connectivity index is 2.15. The summed E-state index contributed by atoms with van der Waals surface area (Å²) in [5.74, 6) is 0.709. The van der Waals surface area contributed by atoms with Crippen LogP contribution in [0.5, 0.6) is 0 Å². The summed E-state index contributed by atoms with van der Waals surface area (Å²) in [6, 6.07) is 14.1. The lowest BCUT2D eigenvalue weighted by molar-refractivity contribution is -0.503. The Morgan fingerprint density at radius 1 is 1.11 bits per heavy atom. The molecule has 0 aliphatic carbocycles. The minimum atomic E-state index is 0.709. The van der Waals surface area contributed by atoms with Crippen LogP contribution in [0.2, 0.25) is 0 Å². The summed E-state index contributed by atoms with van der Waals surface area (Å²) >= 11 is 0. The van der Waals surface area contributed by atoms with Gasteiger partial charge >= 0.3 is 0 Å². The van der Waals surface area contributed by atoms with Crippen molar-refractivity contribution in [2.24, 2.45) is 7.05 Å². The van der Waals surface area contributed by atoms with Gasteiger partial charge in [-0.3, -0.25) is 4.40 Å². The van der Waals surface area contributed by atoms with Gasteiger partial charge in [-0.05, 0) is 43.7 Å². The molecule has 2 aromatic heterocycles. The van der Waals surface area contributed by atoms with Crippen LogP contribution in [0, 0.1) is 13.8 Å². The normalized spacial score (nSPS) is 10.9. The molecule has 0 spiro atoms. The number of hydrogen-bond donors (Lipinski definition) is 0. The topological polar surface area (TPSA) is 36.0 Å². The number of rotatable bonds is 2. The van der Waals surface area contributed by atoms with E-state index in [1.165, 1.54) is 5.56 Å². The van der Waals surface area contributed by atoms with Crippen molar-refractivity contribution >= 4 is 17.3 Å². The highest BCUT2D eigenvalue weighted by atomic mass is 15.4. The molecule has 0 amide bonds. The van der Waals surface area contributed by atoms with E-state index in [0.717, 1.165) is 17.0 Å². The van der Waals surface area contributed by atoms with Crippen LogP contribution in [0.3, 0.4) is 0 Å². The molecule has 0 aliphatic heterocycles. The first kappa shape index (κ1) is 11.7. The first-order chi connectivity index (χ1) is 9.15. The quantitative estimate of drug-likeness (QED) is 0.645. The third kappa shape index (κ3) is 2.05. The summed E-state index contributed by atoms with van der Waals surface area (Å²) in [6.45, 7) is 4.17. The smallest absolute Gasteiger partial charge is 0.253 e. The van der Waals surface area contributed by atoms with Gasteiger partial charge in [0.15, 0.2) is 0 Å². The van der Waals surface area contributed by atoms with Gasteiger partial charge in [-0.15, -0.1) is 5.10 Å². The van der Waals surface area contributed by atoms with Crippen LogP contribution in [0.15, 0.2) is 42.5 Å². The van der Waals surface area contributed by atoms with Crippen LogP contribution in [0.4, 0.5) is 11.6 Å². The molecule has 1 aromatic carbocycles. The van der Waals surface area contributed by atoms with Crippen molar-refractivity contribution in [1.29, 1.82) is 0 Å². The number of hydrogen-bond acceptors (Lipinski definition) is 1. The predicted octanol–water partition coefficient (Wildman–Crippen LogP) is 3.11. The molecule has 4 heteroatoms. The van der Waals surface area contributed by atoms with Crippen LogP contribution in [0.1, 0.15) is 11.3 Å². The highest BCUT2D eigenvalue weighted by Crippen LogP contribution is 2.25. The zero-order valence-electron chi connectivity index (χ0n) is 11.3. The Hall–Kier alpha value is -2.36. The average Bonchev–Trinajstić information content (AvgIpc) is 2.67. The zero-order valence-corrected chi connectivity index (χ0v) is 11.3. The van der Waals surface area contributed by atoms with Gasteiger partial charge in [-0.1, -0.05) is 18.2 Å². The fourth-order valence-electron chi connectivity index (χ4n) is 2.30. The Kier molecular flexibility index (Phi) is 2.71. The Morgan fingerprint density at radius 3 is 2.58 bits per heavy atom. The molecule has 4 nitrogen and oxygen atoms in total. The third-order valence-electron chi connectivity index (χ3n) is 3.13. The first-order valence-corrected chi connectivity index (χ1v) is 6.28. The number of pyridine rings is 1. The molecule has 3 aromatic rings. The standard InChI is InChI=1S/C15H16N4/c1-11-9-12(2)19-14(10-11)18(3)17-15(19)16-13-7-5-4-6-8-13/h4-10H,1-3H3. The second kappa shape index (κ2) is 4.39. The third-order valence-corrected chi connectivity index (χ3v) is 3.13. The van der Waals surface area contributed by atoms with Gasteiger partial charge in [-0.25, -0.2) is 10.00 Å². The Morgan fingerprint density at radius 2 is 1.84 bits per heavy atom. The highest BCUT2D eigenvalue weighted by Gasteiger charge is 2.11. The average molecular weight is 252 g/mol. The van der Waals surface area contributed by atoms with Crippen LogP contribution in [-0.4, -0.2) is 9.78 Å². The SMILES string of the molecule is Cc1cc(C)[n+]2c([N-]c3ccccc3)nn(C)c2c1. The summed E-state index contributed by atoms with van der Waals surface area (Å²) in [5.41, 5.74) is 4.33. The van der Waals surface area contributed by atoms with Crippen LogP contribution in [-0.2, 0) is 7.05 Å². The molecule has 0 aliphatic rings. The van der Waals surface area contributed by atoms with Gasteiger partial charge in [0.2, 0.25) is 0 Å². The number of nitrogens with zero attached hydrogens (tertiary/aromatic N) is 4. The van der Waals surface area contributed by atoms with E-state index in [0.29, 0.717) is 5.95 Å². The lowest BCUT2D eigenvalue weighted by atomic mass is 10.2. The van der Waals surface area contributed by atoms with Gasteiger partial charge in [0.1, 0.15) is 5.65 Å². The summed E-state index contributed by atoms with van der Waals surface area (Å²) in [5, 5.41) is 9.11. The van der Waals surface area contributed by atoms with Crippen LogP contribution in [0.25, 0.3) is 11.0 Å². The van der Waals surface area contributed by atoms with Crippen molar-refractivity contribution in [2.75, 3.05) is 0 Å². The van der Waals surface area contributed by atoms with Crippen molar-refractivity contribution < 1.29 is 4.40 Å². The second-order valence-electron chi connectivity index (χ2n) is 4.74. The molecule has 2 heterocycles. The van der Waals surface area contributed by atoms with E-state index in [1.807, 2.05) is 42.1 Å². The molecule has 0 atom stereocenters. The van der Waals surface area contributed by atoms with E-state index in [-0.39, 0.29) is 0 Å². The molecule has 0 saturated heterocycles. The van der Waals surface area contributed by atoms with Gasteiger partial charge in [0, 0.05) is 12.7 Å². The van der Waals surface area contributed by atoms with Crippen LogP contribution < -0.4 is 4.40 Å². The van der Waals surface area contributed by atoms with E-state index in [9.17, 15) is 0 Å². The molecule has 0 fully saturated rings. The zero-order chi connectivity index (χ0) is 13.4. The molecule has 0 N–H and O–H groups in total. The highest BCUT2D eigenvalue weighted by molar-refractivity contribution is 5.58. The molecule has 0 saturated carbocycles. The van der Waals surface area contributed by atoms with E-state index in [4.69, 9.17) is 0 Å². The maximum atomic E-state index is 4.61. The van der Waals surface area contributed by atoms with Gasteiger partial charge in [0.05, 0.1) is 5.69 Å². The monoisotopic (exact) mass is 252 g/mol. The van der Waals surface area contributed by atoms with Crippen LogP contribution >= 0.6 is 0 Å². The lowest BCUT2D eigenvalue weighted by Gasteiger charge is -2.05. The number of benzene rings is 1. The Bertz CT molecular complexity index is 729.